The van der Waals surface area contributed by atoms with Crippen LogP contribution < -0.4 is 4.90 Å². The van der Waals surface area contributed by atoms with Crippen molar-refractivity contribution in [3.63, 3.8) is 0 Å². The molecule has 1 aromatic heterocycles. The third-order valence-corrected chi connectivity index (χ3v) is 5.57. The number of nitrogens with zero attached hydrogens (tertiary/aromatic N) is 5. The Labute approximate surface area is 153 Å². The maximum Gasteiger partial charge on any atom is 0.266 e. The number of aromatic nitrogens is 2. The summed E-state index contributed by atoms with van der Waals surface area (Å²) in [5.74, 6) is 0.490. The number of benzene rings is 1. The maximum atomic E-state index is 14.1. The van der Waals surface area contributed by atoms with E-state index in [1.807, 2.05) is 13.0 Å². The molecule has 2 fully saturated rings. The van der Waals surface area contributed by atoms with Gasteiger partial charge in [0.15, 0.2) is 0 Å². The second-order valence-corrected chi connectivity index (χ2v) is 7.44. The van der Waals surface area contributed by atoms with Gasteiger partial charge in [0.25, 0.3) is 11.8 Å². The number of piperazine rings is 1. The lowest BCUT2D eigenvalue weighted by Crippen LogP contribution is -2.52. The number of anilines is 1. The standard InChI is InChI=1S/C19H26FN5O/c1-14-3-4-16(17(20)13-14)18-21-19(22-26-18)25-7-5-15(6-8-25)24-11-9-23(2)10-12-24/h3-4,13,15H,5-12H2,1-2H3. The molecule has 2 aliphatic heterocycles. The Hall–Kier alpha value is -1.99. The molecule has 2 aromatic rings. The zero-order valence-electron chi connectivity index (χ0n) is 15.5. The van der Waals surface area contributed by atoms with E-state index in [2.05, 4.69) is 31.9 Å². The topological polar surface area (TPSA) is 48.6 Å². The van der Waals surface area contributed by atoms with E-state index in [4.69, 9.17) is 4.52 Å². The highest BCUT2D eigenvalue weighted by Gasteiger charge is 2.28. The first-order valence-corrected chi connectivity index (χ1v) is 9.38. The van der Waals surface area contributed by atoms with Gasteiger partial charge in [-0.25, -0.2) is 4.39 Å². The molecule has 0 N–H and O–H groups in total. The third-order valence-electron chi connectivity index (χ3n) is 5.57. The van der Waals surface area contributed by atoms with E-state index in [0.29, 0.717) is 17.6 Å². The van der Waals surface area contributed by atoms with Crippen molar-refractivity contribution in [3.05, 3.63) is 29.6 Å². The summed E-state index contributed by atoms with van der Waals surface area (Å²) < 4.78 is 19.4. The molecular weight excluding hydrogens is 333 g/mol. The van der Waals surface area contributed by atoms with Crippen LogP contribution in [0.1, 0.15) is 18.4 Å². The van der Waals surface area contributed by atoms with Crippen LogP contribution in [-0.4, -0.2) is 72.3 Å². The maximum absolute atomic E-state index is 14.1. The highest BCUT2D eigenvalue weighted by atomic mass is 19.1. The molecule has 2 saturated heterocycles. The average molecular weight is 359 g/mol. The SMILES string of the molecule is Cc1ccc(-c2nc(N3CCC(N4CCN(C)CC4)CC3)no2)c(F)c1. The third kappa shape index (κ3) is 3.59. The molecule has 0 spiro atoms. The predicted molar refractivity (Wildman–Crippen MR) is 98.7 cm³/mol. The Bertz CT molecular complexity index is 748. The minimum atomic E-state index is -0.325. The van der Waals surface area contributed by atoms with Crippen molar-refractivity contribution in [2.75, 3.05) is 51.2 Å². The average Bonchev–Trinajstić information content (AvgIpc) is 3.12. The first kappa shape index (κ1) is 17.4. The van der Waals surface area contributed by atoms with Gasteiger partial charge in [0.05, 0.1) is 5.56 Å². The van der Waals surface area contributed by atoms with Crippen molar-refractivity contribution in [2.45, 2.75) is 25.8 Å². The van der Waals surface area contributed by atoms with Crippen LogP contribution in [0.2, 0.25) is 0 Å². The molecule has 6 nitrogen and oxygen atoms in total. The highest BCUT2D eigenvalue weighted by Crippen LogP contribution is 2.26. The fraction of sp³-hybridized carbons (Fsp3) is 0.579. The Balaban J connectivity index is 1.38. The summed E-state index contributed by atoms with van der Waals surface area (Å²) in [4.78, 5) is 11.6. The van der Waals surface area contributed by atoms with Crippen LogP contribution in [0.5, 0.6) is 0 Å². The molecule has 0 radical (unpaired) electrons. The molecule has 0 amide bonds. The molecule has 7 heteroatoms. The van der Waals surface area contributed by atoms with Gasteiger partial charge >= 0.3 is 0 Å². The van der Waals surface area contributed by atoms with E-state index in [0.717, 1.165) is 57.7 Å². The predicted octanol–water partition coefficient (Wildman–Crippen LogP) is 2.40. The number of halogens is 1. The Morgan fingerprint density at radius 3 is 2.50 bits per heavy atom. The van der Waals surface area contributed by atoms with Gasteiger partial charge in [0, 0.05) is 45.3 Å². The van der Waals surface area contributed by atoms with Gasteiger partial charge in [0.1, 0.15) is 5.82 Å². The summed E-state index contributed by atoms with van der Waals surface area (Å²) in [7, 11) is 2.19. The number of aryl methyl sites for hydroxylation is 1. The fourth-order valence-electron chi connectivity index (χ4n) is 3.87. The van der Waals surface area contributed by atoms with Gasteiger partial charge in [0.2, 0.25) is 0 Å². The number of piperidine rings is 1. The molecule has 0 aliphatic carbocycles. The highest BCUT2D eigenvalue weighted by molar-refractivity contribution is 5.56. The molecule has 0 unspecified atom stereocenters. The number of hydrogen-bond donors (Lipinski definition) is 0. The first-order valence-electron chi connectivity index (χ1n) is 9.38. The summed E-state index contributed by atoms with van der Waals surface area (Å²) in [6.45, 7) is 8.28. The molecule has 0 atom stereocenters. The fourth-order valence-corrected chi connectivity index (χ4v) is 3.87. The van der Waals surface area contributed by atoms with E-state index < -0.39 is 0 Å². The molecule has 0 bridgehead atoms. The molecule has 1 aromatic carbocycles. The lowest BCUT2D eigenvalue weighted by atomic mass is 10.0. The van der Waals surface area contributed by atoms with Crippen molar-refractivity contribution >= 4 is 5.95 Å². The first-order chi connectivity index (χ1) is 12.6. The van der Waals surface area contributed by atoms with Gasteiger partial charge in [-0.1, -0.05) is 6.07 Å². The van der Waals surface area contributed by atoms with E-state index in [9.17, 15) is 4.39 Å². The van der Waals surface area contributed by atoms with Crippen LogP contribution in [-0.2, 0) is 0 Å². The van der Waals surface area contributed by atoms with Crippen molar-refractivity contribution in [1.82, 2.24) is 19.9 Å². The molecule has 2 aliphatic rings. The zero-order valence-corrected chi connectivity index (χ0v) is 15.5. The van der Waals surface area contributed by atoms with Crippen molar-refractivity contribution in [1.29, 1.82) is 0 Å². The largest absolute Gasteiger partial charge is 0.338 e. The van der Waals surface area contributed by atoms with Gasteiger partial charge in [-0.3, -0.25) is 4.90 Å². The summed E-state index contributed by atoms with van der Waals surface area (Å²) in [6, 6.07) is 5.67. The number of likely N-dealkylation sites (N-methyl/N-ethyl adjacent to an activating group) is 1. The molecule has 4 rings (SSSR count). The van der Waals surface area contributed by atoms with Crippen LogP contribution in [0.3, 0.4) is 0 Å². The van der Waals surface area contributed by atoms with Crippen molar-refractivity contribution < 1.29 is 8.91 Å². The van der Waals surface area contributed by atoms with Crippen LogP contribution in [0.25, 0.3) is 11.5 Å². The summed E-state index contributed by atoms with van der Waals surface area (Å²) in [5.41, 5.74) is 1.23. The monoisotopic (exact) mass is 359 g/mol. The quantitative estimate of drug-likeness (QED) is 0.839. The smallest absolute Gasteiger partial charge is 0.266 e. The van der Waals surface area contributed by atoms with Gasteiger partial charge in [-0.05, 0) is 49.7 Å². The second kappa shape index (κ2) is 7.32. The second-order valence-electron chi connectivity index (χ2n) is 7.44. The van der Waals surface area contributed by atoms with E-state index in [-0.39, 0.29) is 11.7 Å². The van der Waals surface area contributed by atoms with Crippen LogP contribution in [0.4, 0.5) is 10.3 Å². The zero-order chi connectivity index (χ0) is 18.1. The summed E-state index contributed by atoms with van der Waals surface area (Å²) in [6.07, 6.45) is 2.21. The van der Waals surface area contributed by atoms with Gasteiger partial charge in [-0.2, -0.15) is 4.98 Å². The molecule has 3 heterocycles. The van der Waals surface area contributed by atoms with Gasteiger partial charge in [-0.15, -0.1) is 0 Å². The Morgan fingerprint density at radius 2 is 1.81 bits per heavy atom. The van der Waals surface area contributed by atoms with Gasteiger partial charge < -0.3 is 14.3 Å². The summed E-state index contributed by atoms with van der Waals surface area (Å²) >= 11 is 0. The lowest BCUT2D eigenvalue weighted by Gasteiger charge is -2.41. The number of hydrogen-bond acceptors (Lipinski definition) is 6. The molecule has 140 valence electrons. The van der Waals surface area contributed by atoms with Crippen molar-refractivity contribution in [2.24, 2.45) is 0 Å². The number of rotatable bonds is 3. The molecule has 0 saturated carbocycles. The molecule has 26 heavy (non-hydrogen) atoms. The normalized spacial score (nSPS) is 20.7. The Morgan fingerprint density at radius 1 is 1.08 bits per heavy atom. The van der Waals surface area contributed by atoms with E-state index in [1.54, 1.807) is 6.07 Å². The van der Waals surface area contributed by atoms with Crippen molar-refractivity contribution in [3.8, 4) is 11.5 Å². The minimum absolute atomic E-state index is 0.249. The van der Waals surface area contributed by atoms with E-state index >= 15 is 0 Å². The van der Waals surface area contributed by atoms with Crippen LogP contribution >= 0.6 is 0 Å². The Kier molecular flexibility index (Phi) is 4.91. The molecular formula is C19H26FN5O. The lowest BCUT2D eigenvalue weighted by molar-refractivity contribution is 0.0980. The summed E-state index contributed by atoms with van der Waals surface area (Å²) in [5, 5.41) is 4.08. The van der Waals surface area contributed by atoms with E-state index in [1.165, 1.54) is 6.07 Å². The van der Waals surface area contributed by atoms with Crippen LogP contribution in [0.15, 0.2) is 22.7 Å². The minimum Gasteiger partial charge on any atom is -0.338 e. The van der Waals surface area contributed by atoms with Crippen LogP contribution in [0, 0.1) is 12.7 Å².